The summed E-state index contributed by atoms with van der Waals surface area (Å²) in [6.45, 7) is 9.52. The number of nitrogens with two attached hydrogens (primary N) is 1. The third-order valence-corrected chi connectivity index (χ3v) is 4.33. The highest BCUT2D eigenvalue weighted by atomic mass is 16.5. The van der Waals surface area contributed by atoms with E-state index in [4.69, 9.17) is 15.2 Å². The number of likely N-dealkylation sites (N-methyl/N-ethyl adjacent to an activating group) is 1. The van der Waals surface area contributed by atoms with E-state index in [0.717, 1.165) is 23.5 Å². The summed E-state index contributed by atoms with van der Waals surface area (Å²) >= 11 is 0. The average molecular weight is 294 g/mol. The fourth-order valence-electron chi connectivity index (χ4n) is 2.43. The van der Waals surface area contributed by atoms with Crippen molar-refractivity contribution in [3.63, 3.8) is 0 Å². The van der Waals surface area contributed by atoms with E-state index < -0.39 is 0 Å². The van der Waals surface area contributed by atoms with Crippen LogP contribution in [-0.2, 0) is 0 Å². The molecular formula is C17H30N2O2. The lowest BCUT2D eigenvalue weighted by Crippen LogP contribution is -2.49. The van der Waals surface area contributed by atoms with Crippen LogP contribution in [0.1, 0.15) is 45.7 Å². The fraction of sp³-hybridized carbons (Fsp3) is 0.647. The van der Waals surface area contributed by atoms with Gasteiger partial charge in [0.2, 0.25) is 0 Å². The minimum atomic E-state index is -0.101. The van der Waals surface area contributed by atoms with Crippen LogP contribution in [0.15, 0.2) is 18.2 Å². The van der Waals surface area contributed by atoms with Crippen LogP contribution in [0.3, 0.4) is 0 Å². The molecule has 0 aliphatic carbocycles. The first-order valence-electron chi connectivity index (χ1n) is 7.73. The van der Waals surface area contributed by atoms with Gasteiger partial charge in [-0.1, -0.05) is 13.0 Å². The smallest absolute Gasteiger partial charge is 0.161 e. The molecule has 0 spiro atoms. The molecule has 0 aliphatic rings. The number of benzene rings is 1. The van der Waals surface area contributed by atoms with Gasteiger partial charge in [-0.05, 0) is 59.0 Å². The molecule has 0 fully saturated rings. The van der Waals surface area contributed by atoms with Crippen LogP contribution in [0, 0.1) is 0 Å². The Hall–Kier alpha value is -1.26. The van der Waals surface area contributed by atoms with Crippen molar-refractivity contribution in [2.75, 3.05) is 27.3 Å². The Morgan fingerprint density at radius 2 is 1.67 bits per heavy atom. The molecule has 0 radical (unpaired) electrons. The topological polar surface area (TPSA) is 47.7 Å². The molecule has 0 aromatic heterocycles. The first kappa shape index (κ1) is 17.8. The van der Waals surface area contributed by atoms with Crippen molar-refractivity contribution in [2.24, 2.45) is 5.73 Å². The summed E-state index contributed by atoms with van der Waals surface area (Å²) in [5.41, 5.74) is 7.50. The van der Waals surface area contributed by atoms with Gasteiger partial charge in [0.25, 0.3) is 0 Å². The van der Waals surface area contributed by atoms with E-state index in [1.54, 1.807) is 0 Å². The highest BCUT2D eigenvalue weighted by Gasteiger charge is 2.33. The fourth-order valence-corrected chi connectivity index (χ4v) is 2.43. The zero-order valence-corrected chi connectivity index (χ0v) is 14.3. The van der Waals surface area contributed by atoms with Crippen molar-refractivity contribution in [3.8, 4) is 11.5 Å². The van der Waals surface area contributed by atoms with E-state index in [1.807, 2.05) is 32.0 Å². The monoisotopic (exact) mass is 294 g/mol. The van der Waals surface area contributed by atoms with Crippen molar-refractivity contribution in [3.05, 3.63) is 23.8 Å². The van der Waals surface area contributed by atoms with E-state index in [1.165, 1.54) is 0 Å². The molecule has 0 aliphatic heterocycles. The van der Waals surface area contributed by atoms with Gasteiger partial charge < -0.3 is 20.1 Å². The standard InChI is InChI=1S/C17H30N2O2/c1-7-17(4,19(5)6)16(18)13-10-11-14(20-8-2)15(12-13)21-9-3/h10-12,16H,7-9,18H2,1-6H3. The Morgan fingerprint density at radius 1 is 1.10 bits per heavy atom. The average Bonchev–Trinajstić information content (AvgIpc) is 2.47. The van der Waals surface area contributed by atoms with Crippen molar-refractivity contribution >= 4 is 0 Å². The van der Waals surface area contributed by atoms with E-state index in [9.17, 15) is 0 Å². The second-order valence-corrected chi connectivity index (χ2v) is 5.66. The first-order chi connectivity index (χ1) is 9.90. The molecule has 0 saturated carbocycles. The molecule has 2 N–H and O–H groups in total. The Bertz CT molecular complexity index is 448. The Labute approximate surface area is 129 Å². The summed E-state index contributed by atoms with van der Waals surface area (Å²) in [6, 6.07) is 5.91. The molecule has 21 heavy (non-hydrogen) atoms. The van der Waals surface area contributed by atoms with Crippen LogP contribution in [0.5, 0.6) is 11.5 Å². The van der Waals surface area contributed by atoms with Gasteiger partial charge in [-0.15, -0.1) is 0 Å². The second-order valence-electron chi connectivity index (χ2n) is 5.66. The van der Waals surface area contributed by atoms with Crippen LogP contribution in [0.4, 0.5) is 0 Å². The van der Waals surface area contributed by atoms with Gasteiger partial charge in [0.1, 0.15) is 0 Å². The molecule has 0 amide bonds. The summed E-state index contributed by atoms with van der Waals surface area (Å²) in [6.07, 6.45) is 0.971. The van der Waals surface area contributed by atoms with Crippen LogP contribution in [-0.4, -0.2) is 37.7 Å². The molecule has 120 valence electrons. The summed E-state index contributed by atoms with van der Waals surface area (Å²) < 4.78 is 11.3. The molecular weight excluding hydrogens is 264 g/mol. The minimum absolute atomic E-state index is 0.0904. The normalized spacial score (nSPS) is 15.6. The maximum Gasteiger partial charge on any atom is 0.161 e. The number of hydrogen-bond acceptors (Lipinski definition) is 4. The second kappa shape index (κ2) is 7.66. The molecule has 0 saturated heterocycles. The van der Waals surface area contributed by atoms with Gasteiger partial charge >= 0.3 is 0 Å². The zero-order valence-electron chi connectivity index (χ0n) is 14.3. The lowest BCUT2D eigenvalue weighted by Gasteiger charge is -2.41. The van der Waals surface area contributed by atoms with E-state index in [-0.39, 0.29) is 11.6 Å². The molecule has 4 heteroatoms. The van der Waals surface area contributed by atoms with Crippen LogP contribution in [0.2, 0.25) is 0 Å². The summed E-state index contributed by atoms with van der Waals surface area (Å²) in [7, 11) is 4.14. The molecule has 1 aromatic carbocycles. The molecule has 2 unspecified atom stereocenters. The quantitative estimate of drug-likeness (QED) is 0.800. The number of nitrogens with zero attached hydrogens (tertiary/aromatic N) is 1. The van der Waals surface area contributed by atoms with Crippen LogP contribution in [0.25, 0.3) is 0 Å². The van der Waals surface area contributed by atoms with Crippen molar-refractivity contribution in [1.82, 2.24) is 4.90 Å². The maximum absolute atomic E-state index is 6.54. The summed E-state index contributed by atoms with van der Waals surface area (Å²) in [4.78, 5) is 2.19. The summed E-state index contributed by atoms with van der Waals surface area (Å²) in [5.74, 6) is 1.54. The lowest BCUT2D eigenvalue weighted by molar-refractivity contribution is 0.132. The Balaban J connectivity index is 3.15. The number of hydrogen-bond donors (Lipinski definition) is 1. The Kier molecular flexibility index (Phi) is 6.49. The highest BCUT2D eigenvalue weighted by Crippen LogP contribution is 2.35. The molecule has 1 aromatic rings. The van der Waals surface area contributed by atoms with Gasteiger partial charge in [0.05, 0.1) is 13.2 Å². The summed E-state index contributed by atoms with van der Waals surface area (Å²) in [5, 5.41) is 0. The minimum Gasteiger partial charge on any atom is -0.490 e. The van der Waals surface area contributed by atoms with Crippen molar-refractivity contribution < 1.29 is 9.47 Å². The predicted octanol–water partition coefficient (Wildman–Crippen LogP) is 3.21. The third kappa shape index (κ3) is 3.89. The van der Waals surface area contributed by atoms with Gasteiger partial charge in [-0.25, -0.2) is 0 Å². The third-order valence-electron chi connectivity index (χ3n) is 4.33. The maximum atomic E-state index is 6.54. The molecule has 4 nitrogen and oxygen atoms in total. The Morgan fingerprint density at radius 3 is 2.14 bits per heavy atom. The lowest BCUT2D eigenvalue weighted by atomic mass is 9.84. The predicted molar refractivity (Wildman–Crippen MR) is 88.1 cm³/mol. The molecule has 0 heterocycles. The SMILES string of the molecule is CCOc1ccc(C(N)C(C)(CC)N(C)C)cc1OCC. The highest BCUT2D eigenvalue weighted by molar-refractivity contribution is 5.44. The van der Waals surface area contributed by atoms with Gasteiger partial charge in [-0.2, -0.15) is 0 Å². The van der Waals surface area contributed by atoms with Crippen LogP contribution < -0.4 is 15.2 Å². The van der Waals surface area contributed by atoms with E-state index >= 15 is 0 Å². The largest absolute Gasteiger partial charge is 0.490 e. The molecule has 2 atom stereocenters. The molecule has 0 bridgehead atoms. The van der Waals surface area contributed by atoms with Crippen LogP contribution >= 0.6 is 0 Å². The molecule has 1 rings (SSSR count). The van der Waals surface area contributed by atoms with Gasteiger partial charge in [0, 0.05) is 11.6 Å². The van der Waals surface area contributed by atoms with Crippen molar-refractivity contribution in [2.45, 2.75) is 45.7 Å². The van der Waals surface area contributed by atoms with Gasteiger partial charge in [0.15, 0.2) is 11.5 Å². The zero-order chi connectivity index (χ0) is 16.0. The van der Waals surface area contributed by atoms with E-state index in [2.05, 4.69) is 32.8 Å². The van der Waals surface area contributed by atoms with Crippen molar-refractivity contribution in [1.29, 1.82) is 0 Å². The van der Waals surface area contributed by atoms with E-state index in [0.29, 0.717) is 13.2 Å². The number of rotatable bonds is 8. The van der Waals surface area contributed by atoms with Gasteiger partial charge in [-0.3, -0.25) is 0 Å². The first-order valence-corrected chi connectivity index (χ1v) is 7.73. The number of ether oxygens (including phenoxy) is 2.